The molecule has 1 fully saturated rings. The molecule has 1 aliphatic carbocycles. The van der Waals surface area contributed by atoms with E-state index in [0.29, 0.717) is 23.9 Å². The molecule has 1 saturated heterocycles. The van der Waals surface area contributed by atoms with E-state index in [-0.39, 0.29) is 11.9 Å². The summed E-state index contributed by atoms with van der Waals surface area (Å²) in [7, 11) is 0. The zero-order chi connectivity index (χ0) is 20.2. The number of hydrogen-bond donors (Lipinski definition) is 2. The van der Waals surface area contributed by atoms with Crippen LogP contribution in [0.5, 0.6) is 0 Å². The third-order valence-electron chi connectivity index (χ3n) is 6.18. The van der Waals surface area contributed by atoms with Gasteiger partial charge < -0.3 is 15.3 Å². The molecule has 1 heterocycles. The molecular weight excluding hydrogens is 384 g/mol. The standard InChI is InChI=1S/C24H29ClN2O2/c25-21-9-5-8-20(15-21)24(29)22(16-27-10-3-4-11-27)26-23(28)14-17-12-18-6-1-2-7-19(18)13-17/h1-2,5-9,15,17,22,24,29H,3-4,10-14,16H2,(H,26,28)/t22-,24-/m1/s1. The van der Waals surface area contributed by atoms with E-state index in [4.69, 9.17) is 11.6 Å². The van der Waals surface area contributed by atoms with Crippen molar-refractivity contribution in [2.45, 2.75) is 44.2 Å². The summed E-state index contributed by atoms with van der Waals surface area (Å²) in [6.07, 6.45) is 3.98. The zero-order valence-electron chi connectivity index (χ0n) is 16.7. The number of likely N-dealkylation sites (tertiary alicyclic amines) is 1. The van der Waals surface area contributed by atoms with Gasteiger partial charge in [-0.15, -0.1) is 0 Å². The lowest BCUT2D eigenvalue weighted by molar-refractivity contribution is -0.123. The third kappa shape index (κ3) is 5.19. The maximum absolute atomic E-state index is 12.9. The lowest BCUT2D eigenvalue weighted by Crippen LogP contribution is -2.47. The molecule has 2 N–H and O–H groups in total. The molecule has 4 rings (SSSR count). The molecule has 2 aromatic carbocycles. The summed E-state index contributed by atoms with van der Waals surface area (Å²) in [4.78, 5) is 15.2. The number of nitrogens with one attached hydrogen (secondary N) is 1. The van der Waals surface area contributed by atoms with Gasteiger partial charge in [-0.25, -0.2) is 0 Å². The summed E-state index contributed by atoms with van der Waals surface area (Å²) in [6, 6.07) is 15.4. The quantitative estimate of drug-likeness (QED) is 0.728. The largest absolute Gasteiger partial charge is 0.386 e. The number of carbonyl (C=O) groups is 1. The van der Waals surface area contributed by atoms with Crippen LogP contribution in [-0.4, -0.2) is 41.6 Å². The second kappa shape index (κ2) is 9.29. The third-order valence-corrected chi connectivity index (χ3v) is 6.42. The van der Waals surface area contributed by atoms with Crippen molar-refractivity contribution in [1.29, 1.82) is 0 Å². The van der Waals surface area contributed by atoms with Gasteiger partial charge in [0.15, 0.2) is 0 Å². The average molecular weight is 413 g/mol. The summed E-state index contributed by atoms with van der Waals surface area (Å²) in [6.45, 7) is 2.70. The van der Waals surface area contributed by atoms with Gasteiger partial charge in [-0.1, -0.05) is 48.0 Å². The molecule has 0 aromatic heterocycles. The van der Waals surface area contributed by atoms with Gasteiger partial charge in [0.25, 0.3) is 0 Å². The summed E-state index contributed by atoms with van der Waals surface area (Å²) in [5.41, 5.74) is 3.46. The molecule has 2 aliphatic rings. The van der Waals surface area contributed by atoms with Crippen LogP contribution in [0.15, 0.2) is 48.5 Å². The van der Waals surface area contributed by atoms with Gasteiger partial charge in [-0.05, 0) is 73.5 Å². The summed E-state index contributed by atoms with van der Waals surface area (Å²) in [5.74, 6) is 0.358. The van der Waals surface area contributed by atoms with Crippen molar-refractivity contribution in [3.8, 4) is 0 Å². The van der Waals surface area contributed by atoms with Gasteiger partial charge in [0, 0.05) is 18.0 Å². The first-order chi connectivity index (χ1) is 14.1. The van der Waals surface area contributed by atoms with Crippen molar-refractivity contribution in [3.63, 3.8) is 0 Å². The van der Waals surface area contributed by atoms with E-state index in [9.17, 15) is 9.90 Å². The number of aliphatic hydroxyl groups is 1. The Bertz CT molecular complexity index is 825. The van der Waals surface area contributed by atoms with Gasteiger partial charge in [-0.2, -0.15) is 0 Å². The van der Waals surface area contributed by atoms with Crippen LogP contribution in [-0.2, 0) is 17.6 Å². The Hall–Kier alpha value is -1.88. The maximum atomic E-state index is 12.9. The maximum Gasteiger partial charge on any atom is 0.220 e. The Morgan fingerprint density at radius 1 is 1.10 bits per heavy atom. The fourth-order valence-corrected chi connectivity index (χ4v) is 4.91. The highest BCUT2D eigenvalue weighted by atomic mass is 35.5. The molecular formula is C24H29ClN2O2. The minimum absolute atomic E-state index is 0.0214. The molecule has 5 heteroatoms. The van der Waals surface area contributed by atoms with E-state index in [2.05, 4.69) is 34.5 Å². The molecule has 1 aliphatic heterocycles. The van der Waals surface area contributed by atoms with E-state index < -0.39 is 6.10 Å². The number of hydrogen-bond acceptors (Lipinski definition) is 3. The van der Waals surface area contributed by atoms with E-state index in [0.717, 1.165) is 31.5 Å². The molecule has 2 atom stereocenters. The van der Waals surface area contributed by atoms with Gasteiger partial charge in [0.05, 0.1) is 6.04 Å². The predicted octanol–water partition coefficient (Wildman–Crippen LogP) is 3.76. The van der Waals surface area contributed by atoms with Crippen molar-refractivity contribution in [3.05, 3.63) is 70.2 Å². The van der Waals surface area contributed by atoms with E-state index in [1.165, 1.54) is 24.0 Å². The predicted molar refractivity (Wildman–Crippen MR) is 116 cm³/mol. The van der Waals surface area contributed by atoms with Crippen molar-refractivity contribution in [1.82, 2.24) is 10.2 Å². The smallest absolute Gasteiger partial charge is 0.220 e. The molecule has 0 spiro atoms. The lowest BCUT2D eigenvalue weighted by atomic mass is 9.99. The van der Waals surface area contributed by atoms with Crippen molar-refractivity contribution >= 4 is 17.5 Å². The second-order valence-corrected chi connectivity index (χ2v) is 8.87. The number of carbonyl (C=O) groups excluding carboxylic acids is 1. The Morgan fingerprint density at radius 3 is 2.45 bits per heavy atom. The second-order valence-electron chi connectivity index (χ2n) is 8.43. The van der Waals surface area contributed by atoms with E-state index in [1.807, 2.05) is 12.1 Å². The summed E-state index contributed by atoms with van der Waals surface area (Å²) in [5, 5.41) is 14.8. The minimum Gasteiger partial charge on any atom is -0.386 e. The van der Waals surface area contributed by atoms with Gasteiger partial charge >= 0.3 is 0 Å². The molecule has 0 saturated carbocycles. The van der Waals surface area contributed by atoms with Crippen LogP contribution in [0.2, 0.25) is 5.02 Å². The fraction of sp³-hybridized carbons (Fsp3) is 0.458. The Kier molecular flexibility index (Phi) is 6.53. The number of rotatable bonds is 7. The first kappa shape index (κ1) is 20.4. The number of aliphatic hydroxyl groups excluding tert-OH is 1. The topological polar surface area (TPSA) is 52.6 Å². The minimum atomic E-state index is -0.779. The van der Waals surface area contributed by atoms with E-state index >= 15 is 0 Å². The molecule has 0 bridgehead atoms. The molecule has 0 unspecified atom stereocenters. The van der Waals surface area contributed by atoms with Crippen LogP contribution in [0.4, 0.5) is 0 Å². The lowest BCUT2D eigenvalue weighted by Gasteiger charge is -2.29. The molecule has 4 nitrogen and oxygen atoms in total. The monoisotopic (exact) mass is 412 g/mol. The van der Waals surface area contributed by atoms with Crippen LogP contribution in [0.1, 0.15) is 42.1 Å². The van der Waals surface area contributed by atoms with Crippen LogP contribution >= 0.6 is 11.6 Å². The molecule has 1 amide bonds. The first-order valence-corrected chi connectivity index (χ1v) is 11.0. The number of amides is 1. The van der Waals surface area contributed by atoms with Crippen LogP contribution < -0.4 is 5.32 Å². The number of halogens is 1. The van der Waals surface area contributed by atoms with Crippen molar-refractivity contribution < 1.29 is 9.90 Å². The average Bonchev–Trinajstić information content (AvgIpc) is 3.35. The zero-order valence-corrected chi connectivity index (χ0v) is 17.4. The van der Waals surface area contributed by atoms with Gasteiger partial charge in [0.1, 0.15) is 6.10 Å². The Labute approximate surface area is 177 Å². The number of fused-ring (bicyclic) bond motifs is 1. The summed E-state index contributed by atoms with van der Waals surface area (Å²) < 4.78 is 0. The number of nitrogens with zero attached hydrogens (tertiary/aromatic N) is 1. The first-order valence-electron chi connectivity index (χ1n) is 10.6. The molecule has 0 radical (unpaired) electrons. The molecule has 154 valence electrons. The fourth-order valence-electron chi connectivity index (χ4n) is 4.71. The SMILES string of the molecule is O=C(CC1Cc2ccccc2C1)N[C@H](CN1CCCC1)[C@H](O)c1cccc(Cl)c1. The Morgan fingerprint density at radius 2 is 1.79 bits per heavy atom. The summed E-state index contributed by atoms with van der Waals surface area (Å²) >= 11 is 6.12. The van der Waals surface area contributed by atoms with Gasteiger partial charge in [-0.3, -0.25) is 4.79 Å². The highest BCUT2D eigenvalue weighted by Crippen LogP contribution is 2.29. The van der Waals surface area contributed by atoms with E-state index in [1.54, 1.807) is 12.1 Å². The number of benzene rings is 2. The van der Waals surface area contributed by atoms with Crippen molar-refractivity contribution in [2.24, 2.45) is 5.92 Å². The molecule has 29 heavy (non-hydrogen) atoms. The Balaban J connectivity index is 1.41. The van der Waals surface area contributed by atoms with Crippen LogP contribution in [0, 0.1) is 5.92 Å². The van der Waals surface area contributed by atoms with Crippen molar-refractivity contribution in [2.75, 3.05) is 19.6 Å². The van der Waals surface area contributed by atoms with Crippen LogP contribution in [0.3, 0.4) is 0 Å². The van der Waals surface area contributed by atoms with Crippen LogP contribution in [0.25, 0.3) is 0 Å². The highest BCUT2D eigenvalue weighted by Gasteiger charge is 2.29. The van der Waals surface area contributed by atoms with Gasteiger partial charge in [0.2, 0.25) is 5.91 Å². The normalized spacial score (nSPS) is 19.1. The highest BCUT2D eigenvalue weighted by molar-refractivity contribution is 6.30. The molecule has 2 aromatic rings.